The number of hydrogen-bond donors (Lipinski definition) is 1. The summed E-state index contributed by atoms with van der Waals surface area (Å²) in [5.74, 6) is 0.710. The zero-order valence-electron chi connectivity index (χ0n) is 11.4. The number of halogens is 1. The molecule has 2 nitrogen and oxygen atoms in total. The Morgan fingerprint density at radius 2 is 1.90 bits per heavy atom. The minimum absolute atomic E-state index is 0.0955. The average molecular weight is 291 g/mol. The molecule has 2 rings (SSSR count). The summed E-state index contributed by atoms with van der Waals surface area (Å²) < 4.78 is 19.0. The van der Waals surface area contributed by atoms with Crippen molar-refractivity contribution in [2.24, 2.45) is 5.73 Å². The van der Waals surface area contributed by atoms with E-state index in [-0.39, 0.29) is 17.6 Å². The molecule has 106 valence electrons. The third-order valence-corrected chi connectivity index (χ3v) is 4.15. The quantitative estimate of drug-likeness (QED) is 0.827. The van der Waals surface area contributed by atoms with E-state index in [2.05, 4.69) is 0 Å². The summed E-state index contributed by atoms with van der Waals surface area (Å²) in [7, 11) is 1.47. The lowest BCUT2D eigenvalue weighted by molar-refractivity contribution is 0.383. The van der Waals surface area contributed by atoms with Crippen molar-refractivity contribution in [1.82, 2.24) is 0 Å². The summed E-state index contributed by atoms with van der Waals surface area (Å²) in [6.45, 7) is 0. The molecule has 0 radical (unpaired) electrons. The number of benzene rings is 2. The third-order valence-electron chi connectivity index (χ3n) is 2.95. The number of thioether (sulfide) groups is 1. The van der Waals surface area contributed by atoms with Gasteiger partial charge in [-0.1, -0.05) is 30.3 Å². The van der Waals surface area contributed by atoms with E-state index in [0.29, 0.717) is 12.0 Å². The van der Waals surface area contributed by atoms with Gasteiger partial charge in [0.05, 0.1) is 7.11 Å². The second kappa shape index (κ2) is 7.31. The molecule has 2 aromatic rings. The van der Waals surface area contributed by atoms with Gasteiger partial charge in [0.15, 0.2) is 11.6 Å². The molecule has 0 aromatic heterocycles. The average Bonchev–Trinajstić information content (AvgIpc) is 2.48. The highest BCUT2D eigenvalue weighted by Crippen LogP contribution is 2.23. The zero-order chi connectivity index (χ0) is 14.4. The van der Waals surface area contributed by atoms with E-state index < -0.39 is 0 Å². The van der Waals surface area contributed by atoms with Crippen LogP contribution in [0.1, 0.15) is 5.56 Å². The van der Waals surface area contributed by atoms with Crippen molar-refractivity contribution >= 4 is 11.8 Å². The van der Waals surface area contributed by atoms with Gasteiger partial charge in [-0.3, -0.25) is 0 Å². The van der Waals surface area contributed by atoms with Crippen molar-refractivity contribution in [3.63, 3.8) is 0 Å². The smallest absolute Gasteiger partial charge is 0.168 e. The second-order valence-corrected chi connectivity index (χ2v) is 5.62. The molecule has 2 N–H and O–H groups in total. The van der Waals surface area contributed by atoms with Gasteiger partial charge < -0.3 is 10.5 Å². The molecule has 0 spiro atoms. The van der Waals surface area contributed by atoms with Gasteiger partial charge in [-0.05, 0) is 30.2 Å². The van der Waals surface area contributed by atoms with E-state index in [1.165, 1.54) is 12.0 Å². The van der Waals surface area contributed by atoms with Gasteiger partial charge in [-0.15, -0.1) is 11.8 Å². The first kappa shape index (κ1) is 14.9. The van der Waals surface area contributed by atoms with Crippen molar-refractivity contribution in [3.05, 3.63) is 59.9 Å². The molecule has 0 heterocycles. The number of rotatable bonds is 6. The molecule has 0 aliphatic rings. The van der Waals surface area contributed by atoms with Crippen LogP contribution in [0, 0.1) is 5.82 Å². The van der Waals surface area contributed by atoms with Crippen LogP contribution in [0.15, 0.2) is 53.4 Å². The van der Waals surface area contributed by atoms with Crippen LogP contribution in [-0.2, 0) is 6.42 Å². The van der Waals surface area contributed by atoms with Crippen LogP contribution in [0.5, 0.6) is 5.75 Å². The standard InChI is InChI=1S/C16H18FNOS/c1-19-15-9-5-6-12(16(15)17)10-13(18)11-20-14-7-3-2-4-8-14/h2-9,13H,10-11,18H2,1H3. The van der Waals surface area contributed by atoms with Gasteiger partial charge in [0, 0.05) is 16.7 Å². The Morgan fingerprint density at radius 1 is 1.15 bits per heavy atom. The SMILES string of the molecule is COc1cccc(CC(N)CSc2ccccc2)c1F. The highest BCUT2D eigenvalue weighted by molar-refractivity contribution is 7.99. The summed E-state index contributed by atoms with van der Waals surface area (Å²) in [5.41, 5.74) is 6.69. The first-order chi connectivity index (χ1) is 9.70. The Hall–Kier alpha value is -1.52. The predicted octanol–water partition coefficient (Wildman–Crippen LogP) is 3.50. The lowest BCUT2D eigenvalue weighted by Crippen LogP contribution is -2.26. The first-order valence-corrected chi connectivity index (χ1v) is 7.44. The highest BCUT2D eigenvalue weighted by atomic mass is 32.2. The van der Waals surface area contributed by atoms with Crippen LogP contribution in [-0.4, -0.2) is 18.9 Å². The van der Waals surface area contributed by atoms with Crippen LogP contribution in [0.3, 0.4) is 0 Å². The Morgan fingerprint density at radius 3 is 2.60 bits per heavy atom. The van der Waals surface area contributed by atoms with Crippen LogP contribution < -0.4 is 10.5 Å². The number of ether oxygens (including phenoxy) is 1. The lowest BCUT2D eigenvalue weighted by Gasteiger charge is -2.13. The molecule has 0 saturated heterocycles. The predicted molar refractivity (Wildman–Crippen MR) is 81.8 cm³/mol. The van der Waals surface area contributed by atoms with Gasteiger partial charge >= 0.3 is 0 Å². The molecule has 2 aromatic carbocycles. The van der Waals surface area contributed by atoms with Crippen molar-refractivity contribution in [2.75, 3.05) is 12.9 Å². The lowest BCUT2D eigenvalue weighted by atomic mass is 10.1. The fraction of sp³-hybridized carbons (Fsp3) is 0.250. The van der Waals surface area contributed by atoms with Gasteiger partial charge in [-0.2, -0.15) is 0 Å². The molecular weight excluding hydrogens is 273 g/mol. The van der Waals surface area contributed by atoms with Crippen molar-refractivity contribution < 1.29 is 9.13 Å². The van der Waals surface area contributed by atoms with Gasteiger partial charge in [0.25, 0.3) is 0 Å². The van der Waals surface area contributed by atoms with Gasteiger partial charge in [0.2, 0.25) is 0 Å². The van der Waals surface area contributed by atoms with E-state index in [1.807, 2.05) is 30.3 Å². The molecule has 1 unspecified atom stereocenters. The number of nitrogens with two attached hydrogens (primary N) is 1. The molecule has 0 aliphatic carbocycles. The highest BCUT2D eigenvalue weighted by Gasteiger charge is 2.12. The molecular formula is C16H18FNOS. The molecule has 1 atom stereocenters. The Kier molecular flexibility index (Phi) is 5.44. The molecule has 0 amide bonds. The van der Waals surface area contributed by atoms with Crippen LogP contribution in [0.25, 0.3) is 0 Å². The summed E-state index contributed by atoms with van der Waals surface area (Å²) in [5, 5.41) is 0. The topological polar surface area (TPSA) is 35.2 Å². The minimum atomic E-state index is -0.310. The molecule has 0 bridgehead atoms. The summed E-state index contributed by atoms with van der Waals surface area (Å²) in [4.78, 5) is 1.18. The van der Waals surface area contributed by atoms with Crippen molar-refractivity contribution in [3.8, 4) is 5.75 Å². The minimum Gasteiger partial charge on any atom is -0.494 e. The van der Waals surface area contributed by atoms with Crippen molar-refractivity contribution in [2.45, 2.75) is 17.4 Å². The Labute approximate surface area is 123 Å². The third kappa shape index (κ3) is 3.99. The first-order valence-electron chi connectivity index (χ1n) is 6.45. The zero-order valence-corrected chi connectivity index (χ0v) is 12.2. The summed E-state index contributed by atoms with van der Waals surface area (Å²) in [6.07, 6.45) is 0.503. The Bertz CT molecular complexity index is 547. The normalized spacial score (nSPS) is 12.2. The molecule has 0 saturated carbocycles. The maximum absolute atomic E-state index is 14.0. The van der Waals surface area contributed by atoms with Gasteiger partial charge in [-0.25, -0.2) is 4.39 Å². The summed E-state index contributed by atoms with van der Waals surface area (Å²) in [6, 6.07) is 15.1. The number of methoxy groups -OCH3 is 1. The maximum atomic E-state index is 14.0. The molecule has 20 heavy (non-hydrogen) atoms. The van der Waals surface area contributed by atoms with Crippen molar-refractivity contribution in [1.29, 1.82) is 0 Å². The summed E-state index contributed by atoms with van der Waals surface area (Å²) >= 11 is 1.68. The van der Waals surface area contributed by atoms with E-state index >= 15 is 0 Å². The molecule has 0 aliphatic heterocycles. The maximum Gasteiger partial charge on any atom is 0.168 e. The van der Waals surface area contributed by atoms with Crippen LogP contribution >= 0.6 is 11.8 Å². The fourth-order valence-electron chi connectivity index (χ4n) is 1.93. The van der Waals surface area contributed by atoms with Crippen LogP contribution in [0.4, 0.5) is 4.39 Å². The molecule has 4 heteroatoms. The van der Waals surface area contributed by atoms with E-state index in [0.717, 1.165) is 5.75 Å². The van der Waals surface area contributed by atoms with Crippen LogP contribution in [0.2, 0.25) is 0 Å². The monoisotopic (exact) mass is 291 g/mol. The van der Waals surface area contributed by atoms with E-state index in [9.17, 15) is 4.39 Å². The fourth-order valence-corrected chi connectivity index (χ4v) is 2.81. The largest absolute Gasteiger partial charge is 0.494 e. The second-order valence-electron chi connectivity index (χ2n) is 4.52. The van der Waals surface area contributed by atoms with Gasteiger partial charge in [0.1, 0.15) is 0 Å². The van der Waals surface area contributed by atoms with E-state index in [1.54, 1.807) is 30.0 Å². The Balaban J connectivity index is 1.93. The number of hydrogen-bond acceptors (Lipinski definition) is 3. The molecule has 0 fully saturated rings. The van der Waals surface area contributed by atoms with E-state index in [4.69, 9.17) is 10.5 Å².